The van der Waals surface area contributed by atoms with Gasteiger partial charge in [-0.15, -0.1) is 0 Å². The van der Waals surface area contributed by atoms with Crippen molar-refractivity contribution in [3.8, 4) is 0 Å². The number of rotatable bonds is 4. The van der Waals surface area contributed by atoms with E-state index in [0.29, 0.717) is 11.1 Å². The number of hydrogen-bond acceptors (Lipinski definition) is 4. The topological polar surface area (TPSA) is 84.5 Å². The summed E-state index contributed by atoms with van der Waals surface area (Å²) in [6.45, 7) is 0.0179. The van der Waals surface area contributed by atoms with Gasteiger partial charge >= 0.3 is 5.76 Å². The van der Waals surface area contributed by atoms with Crippen molar-refractivity contribution in [1.29, 1.82) is 0 Å². The number of para-hydroxylation sites is 2. The summed E-state index contributed by atoms with van der Waals surface area (Å²) in [7, 11) is 0. The van der Waals surface area contributed by atoms with Crippen LogP contribution in [0.2, 0.25) is 0 Å². The van der Waals surface area contributed by atoms with E-state index in [-0.39, 0.29) is 31.0 Å². The summed E-state index contributed by atoms with van der Waals surface area (Å²) in [5, 5.41) is 12.2. The predicted octanol–water partition coefficient (Wildman–Crippen LogP) is 0.872. The molecular weight excluding hydrogens is 272 g/mol. The number of benzene rings is 1. The number of carbonyl (C=O) groups is 1. The van der Waals surface area contributed by atoms with Crippen LogP contribution in [0.3, 0.4) is 0 Å². The van der Waals surface area contributed by atoms with Crippen LogP contribution in [-0.4, -0.2) is 28.2 Å². The van der Waals surface area contributed by atoms with Crippen LogP contribution >= 0.6 is 0 Å². The van der Waals surface area contributed by atoms with Crippen LogP contribution in [0.4, 0.5) is 0 Å². The summed E-state index contributed by atoms with van der Waals surface area (Å²) < 4.78 is 6.43. The molecule has 1 aliphatic carbocycles. The summed E-state index contributed by atoms with van der Waals surface area (Å²) in [5.74, 6) is -0.641. The molecule has 1 aromatic carbocycles. The Labute approximate surface area is 121 Å². The molecule has 0 saturated heterocycles. The molecule has 112 valence electrons. The van der Waals surface area contributed by atoms with Crippen LogP contribution in [0.25, 0.3) is 11.1 Å². The third-order valence-electron chi connectivity index (χ3n) is 4.12. The predicted molar refractivity (Wildman–Crippen MR) is 76.8 cm³/mol. The minimum Gasteiger partial charge on any atom is -0.408 e. The zero-order valence-electron chi connectivity index (χ0n) is 11.6. The fourth-order valence-electron chi connectivity index (χ4n) is 3.01. The van der Waals surface area contributed by atoms with Crippen molar-refractivity contribution in [1.82, 2.24) is 9.88 Å². The van der Waals surface area contributed by atoms with Gasteiger partial charge in [0, 0.05) is 18.6 Å². The highest BCUT2D eigenvalue weighted by molar-refractivity contribution is 5.79. The van der Waals surface area contributed by atoms with E-state index in [1.54, 1.807) is 24.3 Å². The summed E-state index contributed by atoms with van der Waals surface area (Å²) in [6.07, 6.45) is 2.80. The molecule has 2 N–H and O–H groups in total. The van der Waals surface area contributed by atoms with E-state index in [1.165, 1.54) is 4.57 Å². The van der Waals surface area contributed by atoms with Gasteiger partial charge in [-0.25, -0.2) is 4.79 Å². The second-order valence-electron chi connectivity index (χ2n) is 5.47. The molecule has 0 aliphatic heterocycles. The smallest absolute Gasteiger partial charge is 0.408 e. The van der Waals surface area contributed by atoms with Crippen molar-refractivity contribution in [3.05, 3.63) is 34.8 Å². The van der Waals surface area contributed by atoms with Gasteiger partial charge in [-0.05, 0) is 25.0 Å². The molecule has 2 atom stereocenters. The Bertz CT molecular complexity index is 703. The third-order valence-corrected chi connectivity index (χ3v) is 4.12. The minimum atomic E-state index is -0.531. The zero-order valence-corrected chi connectivity index (χ0v) is 11.6. The molecule has 1 aromatic heterocycles. The maximum atomic E-state index is 12.1. The number of carbonyl (C=O) groups excluding carboxylic acids is 1. The highest BCUT2D eigenvalue weighted by atomic mass is 16.4. The number of fused-ring (bicyclic) bond motifs is 1. The van der Waals surface area contributed by atoms with Gasteiger partial charge in [0.05, 0.1) is 5.52 Å². The molecule has 0 spiro atoms. The Morgan fingerprint density at radius 2 is 2.19 bits per heavy atom. The molecule has 6 heteroatoms. The highest BCUT2D eigenvalue weighted by Crippen LogP contribution is 2.25. The van der Waals surface area contributed by atoms with Crippen molar-refractivity contribution in [3.63, 3.8) is 0 Å². The number of nitrogens with one attached hydrogen (secondary N) is 1. The van der Waals surface area contributed by atoms with Crippen LogP contribution in [0.15, 0.2) is 33.5 Å². The molecular formula is C15H18N2O4. The molecule has 2 aromatic rings. The fraction of sp³-hybridized carbons (Fsp3) is 0.467. The molecule has 3 rings (SSSR count). The molecule has 21 heavy (non-hydrogen) atoms. The monoisotopic (exact) mass is 290 g/mol. The minimum absolute atomic E-state index is 0.00336. The van der Waals surface area contributed by atoms with Gasteiger partial charge in [0.1, 0.15) is 6.54 Å². The van der Waals surface area contributed by atoms with Gasteiger partial charge < -0.3 is 14.8 Å². The van der Waals surface area contributed by atoms with E-state index in [2.05, 4.69) is 5.32 Å². The average molecular weight is 290 g/mol. The Balaban J connectivity index is 1.75. The molecule has 1 heterocycles. The Kier molecular flexibility index (Phi) is 3.79. The quantitative estimate of drug-likeness (QED) is 0.875. The number of nitrogens with zero attached hydrogens (tertiary/aromatic N) is 1. The second kappa shape index (κ2) is 5.73. The normalized spacial score (nSPS) is 21.8. The Morgan fingerprint density at radius 1 is 1.38 bits per heavy atom. The van der Waals surface area contributed by atoms with E-state index >= 15 is 0 Å². The van der Waals surface area contributed by atoms with E-state index in [9.17, 15) is 14.7 Å². The lowest BCUT2D eigenvalue weighted by atomic mass is 10.1. The molecule has 0 radical (unpaired) electrons. The standard InChI is InChI=1S/C15H18N2O4/c18-9-10-4-3-5-11(10)16-14(19)8-17-12-6-1-2-7-13(12)21-15(17)20/h1-2,6-7,10-11,18H,3-5,8-9H2,(H,16,19). The van der Waals surface area contributed by atoms with Gasteiger partial charge in [0.25, 0.3) is 0 Å². The van der Waals surface area contributed by atoms with Gasteiger partial charge in [0.15, 0.2) is 5.58 Å². The maximum Gasteiger partial charge on any atom is 0.420 e. The molecule has 1 amide bonds. The van der Waals surface area contributed by atoms with Crippen molar-refractivity contribution < 1.29 is 14.3 Å². The lowest BCUT2D eigenvalue weighted by Crippen LogP contribution is -2.41. The van der Waals surface area contributed by atoms with Crippen molar-refractivity contribution in [2.24, 2.45) is 5.92 Å². The molecule has 1 fully saturated rings. The largest absolute Gasteiger partial charge is 0.420 e. The van der Waals surface area contributed by atoms with Gasteiger partial charge in [-0.1, -0.05) is 18.6 Å². The second-order valence-corrected chi connectivity index (χ2v) is 5.47. The summed E-state index contributed by atoms with van der Waals surface area (Å²) in [4.78, 5) is 23.9. The SMILES string of the molecule is O=C(Cn1c(=O)oc2ccccc21)NC1CCCC1CO. The number of aliphatic hydroxyl groups excluding tert-OH is 1. The first-order valence-corrected chi connectivity index (χ1v) is 7.17. The first-order chi connectivity index (χ1) is 10.2. The molecule has 2 unspecified atom stereocenters. The molecule has 6 nitrogen and oxygen atoms in total. The summed E-state index contributed by atoms with van der Waals surface area (Å²) in [6, 6.07) is 7.02. The van der Waals surface area contributed by atoms with E-state index in [1.807, 2.05) is 0 Å². The van der Waals surface area contributed by atoms with Gasteiger partial charge in [-0.3, -0.25) is 9.36 Å². The summed E-state index contributed by atoms with van der Waals surface area (Å²) >= 11 is 0. The maximum absolute atomic E-state index is 12.1. The van der Waals surface area contributed by atoms with Crippen LogP contribution in [0.1, 0.15) is 19.3 Å². The molecule has 0 bridgehead atoms. The van der Waals surface area contributed by atoms with Crippen molar-refractivity contribution >= 4 is 17.0 Å². The number of aromatic nitrogens is 1. The zero-order chi connectivity index (χ0) is 14.8. The Hall–Kier alpha value is -2.08. The highest BCUT2D eigenvalue weighted by Gasteiger charge is 2.28. The van der Waals surface area contributed by atoms with Gasteiger partial charge in [0.2, 0.25) is 5.91 Å². The number of hydrogen-bond donors (Lipinski definition) is 2. The van der Waals surface area contributed by atoms with Crippen LogP contribution in [0.5, 0.6) is 0 Å². The third kappa shape index (κ3) is 2.71. The number of aliphatic hydroxyl groups is 1. The first-order valence-electron chi connectivity index (χ1n) is 7.17. The van der Waals surface area contributed by atoms with Crippen LogP contribution in [-0.2, 0) is 11.3 Å². The lowest BCUT2D eigenvalue weighted by molar-refractivity contribution is -0.122. The number of amides is 1. The molecule has 1 saturated carbocycles. The van der Waals surface area contributed by atoms with E-state index in [0.717, 1.165) is 19.3 Å². The van der Waals surface area contributed by atoms with Crippen molar-refractivity contribution in [2.45, 2.75) is 31.8 Å². The van der Waals surface area contributed by atoms with E-state index < -0.39 is 5.76 Å². The van der Waals surface area contributed by atoms with Crippen LogP contribution < -0.4 is 11.1 Å². The lowest BCUT2D eigenvalue weighted by Gasteiger charge is -2.18. The number of oxazole rings is 1. The van der Waals surface area contributed by atoms with Gasteiger partial charge in [-0.2, -0.15) is 0 Å². The Morgan fingerprint density at radius 3 is 3.00 bits per heavy atom. The van der Waals surface area contributed by atoms with Crippen LogP contribution in [0, 0.1) is 5.92 Å². The fourth-order valence-corrected chi connectivity index (χ4v) is 3.01. The average Bonchev–Trinajstić information content (AvgIpc) is 3.04. The summed E-state index contributed by atoms with van der Waals surface area (Å²) in [5.41, 5.74) is 1.09. The van der Waals surface area contributed by atoms with E-state index in [4.69, 9.17) is 4.42 Å². The van der Waals surface area contributed by atoms with Crippen molar-refractivity contribution in [2.75, 3.05) is 6.61 Å². The first kappa shape index (κ1) is 13.9. The molecule has 1 aliphatic rings.